The number of anilines is 1. The van der Waals surface area contributed by atoms with E-state index in [2.05, 4.69) is 5.32 Å². The molecule has 1 aromatic carbocycles. The molecule has 1 amide bonds. The number of rotatable bonds is 5. The Labute approximate surface area is 145 Å². The van der Waals surface area contributed by atoms with E-state index in [1.807, 2.05) is 48.7 Å². The minimum absolute atomic E-state index is 0.184. The highest BCUT2D eigenvalue weighted by Gasteiger charge is 2.19. The van der Waals surface area contributed by atoms with E-state index in [9.17, 15) is 9.59 Å². The number of nitrogens with zero attached hydrogens (tertiary/aromatic N) is 1. The molecule has 0 fully saturated rings. The van der Waals surface area contributed by atoms with Crippen molar-refractivity contribution >= 4 is 11.6 Å². The van der Waals surface area contributed by atoms with Crippen LogP contribution < -0.4 is 10.7 Å². The molecule has 0 unspecified atom stereocenters. The maximum absolute atomic E-state index is 12.7. The van der Waals surface area contributed by atoms with Gasteiger partial charge in [-0.25, -0.2) is 0 Å². The highest BCUT2D eigenvalue weighted by molar-refractivity contribution is 6.05. The predicted molar refractivity (Wildman–Crippen MR) is 97.0 cm³/mol. The number of benzene rings is 1. The van der Waals surface area contributed by atoms with Gasteiger partial charge in [0.1, 0.15) is 11.3 Å². The topological polar surface area (TPSA) is 64.2 Å². The van der Waals surface area contributed by atoms with Gasteiger partial charge in [0.2, 0.25) is 0 Å². The SMILES string of the molecule is CCc1c(C(=O)Nc2ccccc2)c(=O)cc(C)n1Cc1ccco1. The lowest BCUT2D eigenvalue weighted by molar-refractivity contribution is 0.102. The molecule has 0 bridgehead atoms. The fourth-order valence-electron chi connectivity index (χ4n) is 2.93. The van der Waals surface area contributed by atoms with Crippen LogP contribution in [-0.2, 0) is 13.0 Å². The van der Waals surface area contributed by atoms with Crippen LogP contribution in [0.2, 0.25) is 0 Å². The summed E-state index contributed by atoms with van der Waals surface area (Å²) < 4.78 is 7.38. The number of furan rings is 1. The molecule has 25 heavy (non-hydrogen) atoms. The summed E-state index contributed by atoms with van der Waals surface area (Å²) in [5, 5.41) is 2.80. The van der Waals surface area contributed by atoms with E-state index >= 15 is 0 Å². The average molecular weight is 336 g/mol. The number of hydrogen-bond acceptors (Lipinski definition) is 3. The third-order valence-electron chi connectivity index (χ3n) is 4.11. The fourth-order valence-corrected chi connectivity index (χ4v) is 2.93. The molecule has 3 rings (SSSR count). The van der Waals surface area contributed by atoms with Crippen molar-refractivity contribution in [1.82, 2.24) is 4.57 Å². The molecular weight excluding hydrogens is 316 g/mol. The third-order valence-corrected chi connectivity index (χ3v) is 4.11. The van der Waals surface area contributed by atoms with Crippen molar-refractivity contribution in [3.05, 3.63) is 87.7 Å². The van der Waals surface area contributed by atoms with E-state index in [1.54, 1.807) is 18.4 Å². The third kappa shape index (κ3) is 3.55. The summed E-state index contributed by atoms with van der Waals surface area (Å²) in [5.41, 5.74) is 2.08. The van der Waals surface area contributed by atoms with E-state index in [-0.39, 0.29) is 16.9 Å². The molecule has 0 radical (unpaired) electrons. The molecule has 2 aromatic heterocycles. The predicted octanol–water partition coefficient (Wildman–Crippen LogP) is 3.61. The van der Waals surface area contributed by atoms with Gasteiger partial charge in [0.25, 0.3) is 5.91 Å². The van der Waals surface area contributed by atoms with Crippen LogP contribution in [0.1, 0.15) is 34.4 Å². The average Bonchev–Trinajstić information content (AvgIpc) is 3.10. The molecule has 0 saturated heterocycles. The van der Waals surface area contributed by atoms with Gasteiger partial charge < -0.3 is 14.3 Å². The van der Waals surface area contributed by atoms with Crippen LogP contribution in [0.4, 0.5) is 5.69 Å². The molecular formula is C20H20N2O3. The maximum Gasteiger partial charge on any atom is 0.261 e. The minimum atomic E-state index is -0.388. The van der Waals surface area contributed by atoms with Crippen molar-refractivity contribution in [2.24, 2.45) is 0 Å². The lowest BCUT2D eigenvalue weighted by Gasteiger charge is -2.18. The first kappa shape index (κ1) is 16.8. The van der Waals surface area contributed by atoms with Crippen LogP contribution in [0.15, 0.2) is 64.0 Å². The second kappa shape index (κ2) is 7.21. The van der Waals surface area contributed by atoms with Gasteiger partial charge in [-0.2, -0.15) is 0 Å². The molecule has 0 aliphatic carbocycles. The van der Waals surface area contributed by atoms with Gasteiger partial charge in [-0.3, -0.25) is 9.59 Å². The van der Waals surface area contributed by atoms with Gasteiger partial charge in [0, 0.05) is 23.1 Å². The summed E-state index contributed by atoms with van der Waals surface area (Å²) in [7, 11) is 0. The molecule has 0 aliphatic rings. The quantitative estimate of drug-likeness (QED) is 0.774. The van der Waals surface area contributed by atoms with Crippen LogP contribution in [0, 0.1) is 6.92 Å². The van der Waals surface area contributed by atoms with Gasteiger partial charge in [0.15, 0.2) is 5.43 Å². The zero-order valence-electron chi connectivity index (χ0n) is 14.3. The largest absolute Gasteiger partial charge is 0.467 e. The number of pyridine rings is 1. The molecule has 0 saturated carbocycles. The van der Waals surface area contributed by atoms with Crippen LogP contribution in [0.25, 0.3) is 0 Å². The Morgan fingerprint density at radius 3 is 2.56 bits per heavy atom. The second-order valence-corrected chi connectivity index (χ2v) is 5.81. The number of carbonyl (C=O) groups is 1. The molecule has 5 heteroatoms. The van der Waals surface area contributed by atoms with Crippen LogP contribution >= 0.6 is 0 Å². The van der Waals surface area contributed by atoms with E-state index < -0.39 is 0 Å². The lowest BCUT2D eigenvalue weighted by Crippen LogP contribution is -2.28. The molecule has 3 aromatic rings. The fraction of sp³-hybridized carbons (Fsp3) is 0.200. The zero-order chi connectivity index (χ0) is 17.8. The number of aromatic nitrogens is 1. The monoisotopic (exact) mass is 336 g/mol. The first-order valence-corrected chi connectivity index (χ1v) is 8.22. The maximum atomic E-state index is 12.7. The van der Waals surface area contributed by atoms with Gasteiger partial charge in [-0.05, 0) is 37.6 Å². The van der Waals surface area contributed by atoms with Crippen molar-refractivity contribution < 1.29 is 9.21 Å². The van der Waals surface area contributed by atoms with Gasteiger partial charge in [-0.1, -0.05) is 25.1 Å². The number of nitrogens with one attached hydrogen (secondary N) is 1. The van der Waals surface area contributed by atoms with Crippen LogP contribution in [0.3, 0.4) is 0 Å². The van der Waals surface area contributed by atoms with E-state index in [1.165, 1.54) is 6.07 Å². The van der Waals surface area contributed by atoms with Gasteiger partial charge >= 0.3 is 0 Å². The summed E-state index contributed by atoms with van der Waals surface area (Å²) in [5.74, 6) is 0.386. The van der Waals surface area contributed by atoms with E-state index in [0.717, 1.165) is 11.5 Å². The smallest absolute Gasteiger partial charge is 0.261 e. The Kier molecular flexibility index (Phi) is 4.84. The number of carbonyl (C=O) groups excluding carboxylic acids is 1. The van der Waals surface area contributed by atoms with Crippen LogP contribution in [-0.4, -0.2) is 10.5 Å². The molecule has 0 aliphatic heterocycles. The molecule has 0 atom stereocenters. The number of aryl methyl sites for hydroxylation is 1. The van der Waals surface area contributed by atoms with Crippen molar-refractivity contribution in [2.75, 3.05) is 5.32 Å². The van der Waals surface area contributed by atoms with E-state index in [4.69, 9.17) is 4.42 Å². The highest BCUT2D eigenvalue weighted by atomic mass is 16.3. The summed E-state index contributed by atoms with van der Waals surface area (Å²) in [6, 6.07) is 14.3. The summed E-state index contributed by atoms with van der Waals surface area (Å²) in [6.07, 6.45) is 2.18. The standard InChI is InChI=1S/C20H20N2O3/c1-3-17-19(20(24)21-15-8-5-4-6-9-15)18(23)12-14(2)22(17)13-16-10-7-11-25-16/h4-12H,3,13H2,1-2H3,(H,21,24). The van der Waals surface area contributed by atoms with Crippen LogP contribution in [0.5, 0.6) is 0 Å². The normalized spacial score (nSPS) is 10.6. The molecule has 5 nitrogen and oxygen atoms in total. The zero-order valence-corrected chi connectivity index (χ0v) is 14.3. The Hall–Kier alpha value is -3.08. The van der Waals surface area contributed by atoms with Crippen molar-refractivity contribution in [3.63, 3.8) is 0 Å². The van der Waals surface area contributed by atoms with Gasteiger partial charge in [-0.15, -0.1) is 0 Å². The lowest BCUT2D eigenvalue weighted by atomic mass is 10.1. The first-order valence-electron chi connectivity index (χ1n) is 8.22. The van der Waals surface area contributed by atoms with Crippen molar-refractivity contribution in [1.29, 1.82) is 0 Å². The number of para-hydroxylation sites is 1. The summed E-state index contributed by atoms with van der Waals surface area (Å²) >= 11 is 0. The molecule has 2 heterocycles. The highest BCUT2D eigenvalue weighted by Crippen LogP contribution is 2.15. The van der Waals surface area contributed by atoms with Crippen molar-refractivity contribution in [3.8, 4) is 0 Å². The first-order chi connectivity index (χ1) is 12.1. The van der Waals surface area contributed by atoms with Crippen molar-refractivity contribution in [2.45, 2.75) is 26.8 Å². The van der Waals surface area contributed by atoms with Gasteiger partial charge in [0.05, 0.1) is 12.8 Å². The Morgan fingerprint density at radius 1 is 1.16 bits per heavy atom. The number of amides is 1. The Balaban J connectivity index is 2.03. The minimum Gasteiger partial charge on any atom is -0.467 e. The second-order valence-electron chi connectivity index (χ2n) is 5.81. The molecule has 1 N–H and O–H groups in total. The summed E-state index contributed by atoms with van der Waals surface area (Å²) in [4.78, 5) is 25.2. The van der Waals surface area contributed by atoms with E-state index in [0.29, 0.717) is 24.3 Å². The Morgan fingerprint density at radius 2 is 1.92 bits per heavy atom. The summed E-state index contributed by atoms with van der Waals surface area (Å²) in [6.45, 7) is 4.28. The Bertz CT molecular complexity index is 926. The molecule has 0 spiro atoms. The number of hydrogen-bond donors (Lipinski definition) is 1. The molecule has 128 valence electrons.